The fraction of sp³-hybridized carbons (Fsp3) is 0.346. The van der Waals surface area contributed by atoms with Gasteiger partial charge in [0.1, 0.15) is 10.8 Å². The molecule has 176 valence electrons. The van der Waals surface area contributed by atoms with E-state index in [4.69, 9.17) is 9.40 Å². The second kappa shape index (κ2) is 9.56. The Kier molecular flexibility index (Phi) is 6.34. The van der Waals surface area contributed by atoms with Crippen molar-refractivity contribution in [1.82, 2.24) is 24.6 Å². The molecule has 4 aromatic rings. The third kappa shape index (κ3) is 4.56. The van der Waals surface area contributed by atoms with E-state index in [0.717, 1.165) is 53.4 Å². The van der Waals surface area contributed by atoms with Crippen LogP contribution in [0, 0.1) is 0 Å². The fourth-order valence-corrected chi connectivity index (χ4v) is 5.54. The van der Waals surface area contributed by atoms with Crippen molar-refractivity contribution in [2.24, 2.45) is 7.05 Å². The molecule has 1 aliphatic carbocycles. The summed E-state index contributed by atoms with van der Waals surface area (Å²) in [4.78, 5) is 22.1. The molecule has 0 saturated carbocycles. The highest BCUT2D eigenvalue weighted by molar-refractivity contribution is 7.09. The van der Waals surface area contributed by atoms with Crippen LogP contribution in [0.5, 0.6) is 0 Å². The highest BCUT2D eigenvalue weighted by atomic mass is 32.1. The Morgan fingerprint density at radius 3 is 2.76 bits per heavy atom. The summed E-state index contributed by atoms with van der Waals surface area (Å²) in [7, 11) is 5.89. The standard InChI is InChI=1S/C26H29N5O2S/c1-29(16-24-27-22(17-34-24)18-8-5-4-6-9-18)19-11-12-23-21(14-19)25(28-31(23)3)26(32)30(2)15-20-10-7-13-33-20/h4-10,13,17,19H,11-12,14-16H2,1-3H3. The van der Waals surface area contributed by atoms with Crippen LogP contribution >= 0.6 is 11.3 Å². The maximum absolute atomic E-state index is 13.2. The van der Waals surface area contributed by atoms with Gasteiger partial charge >= 0.3 is 0 Å². The van der Waals surface area contributed by atoms with Gasteiger partial charge in [-0.05, 0) is 38.4 Å². The van der Waals surface area contributed by atoms with Gasteiger partial charge in [-0.2, -0.15) is 5.10 Å². The molecule has 0 aliphatic heterocycles. The number of benzene rings is 1. The first kappa shape index (κ1) is 22.6. The summed E-state index contributed by atoms with van der Waals surface area (Å²) in [5.74, 6) is 0.695. The average Bonchev–Trinajstić information content (AvgIpc) is 3.60. The summed E-state index contributed by atoms with van der Waals surface area (Å²) in [6, 6.07) is 14.3. The molecule has 0 N–H and O–H groups in total. The molecule has 0 radical (unpaired) electrons. The smallest absolute Gasteiger partial charge is 0.274 e. The highest BCUT2D eigenvalue weighted by Crippen LogP contribution is 2.29. The molecule has 0 spiro atoms. The minimum atomic E-state index is -0.0658. The lowest BCUT2D eigenvalue weighted by molar-refractivity contribution is 0.0767. The van der Waals surface area contributed by atoms with Crippen molar-refractivity contribution >= 4 is 17.2 Å². The molecule has 7 nitrogen and oxygen atoms in total. The molecule has 1 aromatic carbocycles. The zero-order chi connectivity index (χ0) is 23.7. The fourth-order valence-electron chi connectivity index (χ4n) is 4.68. The Morgan fingerprint density at radius 1 is 1.18 bits per heavy atom. The van der Waals surface area contributed by atoms with Crippen LogP contribution in [0.3, 0.4) is 0 Å². The molecule has 1 aliphatic rings. The molecule has 5 rings (SSSR count). The van der Waals surface area contributed by atoms with Crippen LogP contribution in [0.25, 0.3) is 11.3 Å². The van der Waals surface area contributed by atoms with Crippen LogP contribution in [0.1, 0.15) is 38.9 Å². The van der Waals surface area contributed by atoms with Gasteiger partial charge in [-0.3, -0.25) is 14.4 Å². The normalized spacial score (nSPS) is 15.5. The molecule has 0 saturated heterocycles. The molecule has 0 fully saturated rings. The van der Waals surface area contributed by atoms with Crippen molar-refractivity contribution in [2.45, 2.75) is 38.4 Å². The maximum Gasteiger partial charge on any atom is 0.274 e. The topological polar surface area (TPSA) is 67.4 Å². The molecule has 1 atom stereocenters. The quantitative estimate of drug-likeness (QED) is 0.396. The molecule has 1 unspecified atom stereocenters. The SMILES string of the molecule is CN(Cc1ccco1)C(=O)c1nn(C)c2c1CC(N(C)Cc1nc(-c3ccccc3)cs1)CC2. The molecule has 1 amide bonds. The highest BCUT2D eigenvalue weighted by Gasteiger charge is 2.31. The van der Waals surface area contributed by atoms with E-state index in [9.17, 15) is 4.79 Å². The van der Waals surface area contributed by atoms with Crippen LogP contribution < -0.4 is 0 Å². The number of nitrogens with zero attached hydrogens (tertiary/aromatic N) is 5. The van der Waals surface area contributed by atoms with Gasteiger partial charge in [0.05, 0.1) is 25.0 Å². The lowest BCUT2D eigenvalue weighted by atomic mass is 9.90. The largest absolute Gasteiger partial charge is 0.467 e. The van der Waals surface area contributed by atoms with Gasteiger partial charge in [-0.1, -0.05) is 30.3 Å². The van der Waals surface area contributed by atoms with Crippen molar-refractivity contribution in [3.8, 4) is 11.3 Å². The summed E-state index contributed by atoms with van der Waals surface area (Å²) in [5, 5.41) is 7.86. The van der Waals surface area contributed by atoms with Gasteiger partial charge in [0.15, 0.2) is 5.69 Å². The zero-order valence-corrected chi connectivity index (χ0v) is 20.6. The summed E-state index contributed by atoms with van der Waals surface area (Å²) in [6.07, 6.45) is 4.39. The Hall–Kier alpha value is -3.23. The summed E-state index contributed by atoms with van der Waals surface area (Å²) >= 11 is 1.70. The average molecular weight is 476 g/mol. The number of hydrogen-bond donors (Lipinski definition) is 0. The predicted molar refractivity (Wildman–Crippen MR) is 133 cm³/mol. The van der Waals surface area contributed by atoms with E-state index in [1.165, 1.54) is 5.69 Å². The van der Waals surface area contributed by atoms with Gasteiger partial charge in [0.2, 0.25) is 0 Å². The van der Waals surface area contributed by atoms with Gasteiger partial charge in [-0.15, -0.1) is 11.3 Å². The van der Waals surface area contributed by atoms with E-state index in [1.54, 1.807) is 29.5 Å². The number of aryl methyl sites for hydroxylation is 1. The second-order valence-electron chi connectivity index (χ2n) is 8.94. The van der Waals surface area contributed by atoms with Gasteiger partial charge < -0.3 is 9.32 Å². The predicted octanol–water partition coefficient (Wildman–Crippen LogP) is 4.40. The Morgan fingerprint density at radius 2 is 2.00 bits per heavy atom. The molecule has 8 heteroatoms. The van der Waals surface area contributed by atoms with Crippen molar-refractivity contribution in [3.05, 3.63) is 81.8 Å². The number of aromatic nitrogens is 3. The van der Waals surface area contributed by atoms with E-state index in [1.807, 2.05) is 42.1 Å². The van der Waals surface area contributed by atoms with E-state index in [-0.39, 0.29) is 5.91 Å². The van der Waals surface area contributed by atoms with E-state index in [0.29, 0.717) is 18.3 Å². The van der Waals surface area contributed by atoms with Crippen molar-refractivity contribution in [2.75, 3.05) is 14.1 Å². The molecular weight excluding hydrogens is 446 g/mol. The van der Waals surface area contributed by atoms with Gasteiger partial charge in [-0.25, -0.2) is 4.98 Å². The zero-order valence-electron chi connectivity index (χ0n) is 19.8. The van der Waals surface area contributed by atoms with Crippen molar-refractivity contribution in [3.63, 3.8) is 0 Å². The van der Waals surface area contributed by atoms with Crippen LogP contribution in [0.2, 0.25) is 0 Å². The Labute approximate surface area is 203 Å². The molecule has 3 heterocycles. The first-order chi connectivity index (χ1) is 16.5. The van der Waals surface area contributed by atoms with Gasteiger partial charge in [0, 0.05) is 42.3 Å². The van der Waals surface area contributed by atoms with Gasteiger partial charge in [0.25, 0.3) is 5.91 Å². The van der Waals surface area contributed by atoms with Crippen molar-refractivity contribution < 1.29 is 9.21 Å². The number of likely N-dealkylation sites (N-methyl/N-ethyl adjacent to an activating group) is 1. The lowest BCUT2D eigenvalue weighted by Gasteiger charge is -2.31. The van der Waals surface area contributed by atoms with Crippen LogP contribution in [0.15, 0.2) is 58.5 Å². The third-order valence-corrected chi connectivity index (χ3v) is 7.41. The lowest BCUT2D eigenvalue weighted by Crippen LogP contribution is -2.37. The molecular formula is C26H29N5O2S. The number of rotatable bonds is 7. The van der Waals surface area contributed by atoms with Crippen LogP contribution in [-0.4, -0.2) is 50.6 Å². The Bertz CT molecular complexity index is 1260. The van der Waals surface area contributed by atoms with E-state index < -0.39 is 0 Å². The molecule has 34 heavy (non-hydrogen) atoms. The van der Waals surface area contributed by atoms with E-state index in [2.05, 4.69) is 34.6 Å². The Balaban J connectivity index is 1.29. The number of carbonyl (C=O) groups excluding carboxylic acids is 1. The second-order valence-corrected chi connectivity index (χ2v) is 9.88. The maximum atomic E-state index is 13.2. The number of furan rings is 1. The number of fused-ring (bicyclic) bond motifs is 1. The monoisotopic (exact) mass is 475 g/mol. The minimum Gasteiger partial charge on any atom is -0.467 e. The summed E-state index contributed by atoms with van der Waals surface area (Å²) in [6.45, 7) is 1.22. The molecule has 0 bridgehead atoms. The number of carbonyl (C=O) groups is 1. The van der Waals surface area contributed by atoms with Crippen LogP contribution in [0.4, 0.5) is 0 Å². The first-order valence-corrected chi connectivity index (χ1v) is 12.4. The number of amides is 1. The summed E-state index contributed by atoms with van der Waals surface area (Å²) < 4.78 is 7.29. The summed E-state index contributed by atoms with van der Waals surface area (Å²) in [5.41, 5.74) is 4.98. The van der Waals surface area contributed by atoms with Crippen molar-refractivity contribution in [1.29, 1.82) is 0 Å². The van der Waals surface area contributed by atoms with E-state index >= 15 is 0 Å². The first-order valence-electron chi connectivity index (χ1n) is 11.5. The number of hydrogen-bond acceptors (Lipinski definition) is 6. The third-order valence-electron chi connectivity index (χ3n) is 6.58. The molecule has 3 aromatic heterocycles. The number of thiazole rings is 1. The van der Waals surface area contributed by atoms with Crippen LogP contribution in [-0.2, 0) is 33.0 Å². The minimum absolute atomic E-state index is 0.0658.